The SMILES string of the molecule is [2H]c1c([2H])c([2H])c2c(c1[2H])c1ccccc1n2-c1nc(-c2cccc(-n3c4ccccc4c4ccccc43)c2)nc(-n2c3ccccc3c3ccccc32)n1. The first-order chi connectivity index (χ1) is 27.0. The fourth-order valence-electron chi connectivity index (χ4n) is 7.68. The van der Waals surface area contributed by atoms with Crippen LogP contribution in [0, 0.1) is 0 Å². The maximum Gasteiger partial charge on any atom is 0.240 e. The lowest BCUT2D eigenvalue weighted by molar-refractivity contribution is 0.892. The zero-order valence-corrected chi connectivity index (χ0v) is 27.0. The van der Waals surface area contributed by atoms with Gasteiger partial charge in [0, 0.05) is 43.6 Å². The average Bonchev–Trinajstić information content (AvgIpc) is 3.88. The van der Waals surface area contributed by atoms with E-state index >= 15 is 0 Å². The van der Waals surface area contributed by atoms with Gasteiger partial charge in [0.25, 0.3) is 0 Å². The number of nitrogens with zero attached hydrogens (tertiary/aromatic N) is 6. The van der Waals surface area contributed by atoms with Crippen molar-refractivity contribution >= 4 is 65.4 Å². The van der Waals surface area contributed by atoms with Crippen molar-refractivity contribution in [1.29, 1.82) is 0 Å². The van der Waals surface area contributed by atoms with Gasteiger partial charge in [0.15, 0.2) is 5.82 Å². The zero-order valence-electron chi connectivity index (χ0n) is 31.0. The minimum Gasteiger partial charge on any atom is -0.309 e. The summed E-state index contributed by atoms with van der Waals surface area (Å²) in [5.74, 6) is 1.03. The van der Waals surface area contributed by atoms with Crippen LogP contribution in [0.4, 0.5) is 0 Å². The smallest absolute Gasteiger partial charge is 0.240 e. The van der Waals surface area contributed by atoms with E-state index in [1.54, 1.807) is 4.57 Å². The molecule has 6 heteroatoms. The molecule has 7 aromatic carbocycles. The Morgan fingerprint density at radius 2 is 0.804 bits per heavy atom. The molecule has 4 heterocycles. The van der Waals surface area contributed by atoms with Crippen LogP contribution in [0.15, 0.2) is 170 Å². The van der Waals surface area contributed by atoms with Crippen LogP contribution in [0.3, 0.4) is 0 Å². The molecule has 51 heavy (non-hydrogen) atoms. The highest BCUT2D eigenvalue weighted by Gasteiger charge is 2.21. The van der Waals surface area contributed by atoms with Crippen molar-refractivity contribution in [1.82, 2.24) is 28.7 Å². The van der Waals surface area contributed by atoms with Crippen LogP contribution in [0.5, 0.6) is 0 Å². The normalized spacial score (nSPS) is 13.0. The second-order valence-corrected chi connectivity index (χ2v) is 12.6. The quantitative estimate of drug-likeness (QED) is 0.189. The summed E-state index contributed by atoms with van der Waals surface area (Å²) in [6, 6.07) is 47.9. The second-order valence-electron chi connectivity index (χ2n) is 12.6. The standard InChI is InChI=1S/C45H28N6/c1-7-22-37-31(16-1)32-17-2-8-23-38(32)49(37)30-15-13-14-29(28-30)43-46-44(50-39-24-9-3-18-33(39)34-19-4-10-25-40(34)50)48-45(47-43)51-41-26-11-5-20-35(41)36-21-6-12-27-42(36)51/h1-28H/i3D,9D,18D,24D. The van der Waals surface area contributed by atoms with E-state index in [-0.39, 0.29) is 30.1 Å². The molecule has 0 saturated carbocycles. The van der Waals surface area contributed by atoms with E-state index in [4.69, 9.17) is 20.4 Å². The summed E-state index contributed by atoms with van der Waals surface area (Å²) in [7, 11) is 0. The van der Waals surface area contributed by atoms with Crippen LogP contribution in [0.25, 0.3) is 94.4 Å². The molecule has 0 radical (unpaired) electrons. The predicted molar refractivity (Wildman–Crippen MR) is 208 cm³/mol. The lowest BCUT2D eigenvalue weighted by Crippen LogP contribution is -2.10. The third-order valence-electron chi connectivity index (χ3n) is 9.84. The zero-order chi connectivity index (χ0) is 36.9. The van der Waals surface area contributed by atoms with E-state index in [0.717, 1.165) is 54.9 Å². The van der Waals surface area contributed by atoms with Crippen molar-refractivity contribution in [2.45, 2.75) is 0 Å². The Bertz CT molecular complexity index is 3290. The lowest BCUT2D eigenvalue weighted by Gasteiger charge is -2.13. The molecule has 11 rings (SSSR count). The van der Waals surface area contributed by atoms with Gasteiger partial charge in [-0.15, -0.1) is 0 Å². The monoisotopic (exact) mass is 656 g/mol. The van der Waals surface area contributed by atoms with Gasteiger partial charge in [-0.1, -0.05) is 121 Å². The number of hydrogen-bond acceptors (Lipinski definition) is 3. The summed E-state index contributed by atoms with van der Waals surface area (Å²) in [4.78, 5) is 15.5. The molecular weight excluding hydrogens is 625 g/mol. The molecule has 4 aromatic heterocycles. The van der Waals surface area contributed by atoms with E-state index in [0.29, 0.717) is 33.6 Å². The maximum absolute atomic E-state index is 9.12. The third-order valence-corrected chi connectivity index (χ3v) is 9.84. The molecule has 0 amide bonds. The van der Waals surface area contributed by atoms with E-state index in [1.165, 1.54) is 0 Å². The first-order valence-electron chi connectivity index (χ1n) is 18.8. The minimum absolute atomic E-state index is 0.110. The van der Waals surface area contributed by atoms with Gasteiger partial charge < -0.3 is 4.57 Å². The van der Waals surface area contributed by atoms with E-state index in [9.17, 15) is 0 Å². The Labute approximate surface area is 297 Å². The number of hydrogen-bond donors (Lipinski definition) is 0. The maximum atomic E-state index is 9.12. The van der Waals surface area contributed by atoms with E-state index < -0.39 is 0 Å². The summed E-state index contributed by atoms with van der Waals surface area (Å²) < 4.78 is 41.3. The summed E-state index contributed by atoms with van der Waals surface area (Å²) in [6.45, 7) is 0. The molecule has 0 atom stereocenters. The number of para-hydroxylation sites is 6. The summed E-state index contributed by atoms with van der Waals surface area (Å²) in [5.41, 5.74) is 6.69. The first kappa shape index (κ1) is 24.1. The number of fused-ring (bicyclic) bond motifs is 9. The molecule has 0 unspecified atom stereocenters. The predicted octanol–water partition coefficient (Wildman–Crippen LogP) is 10.8. The summed E-state index contributed by atoms with van der Waals surface area (Å²) in [6.07, 6.45) is 0. The van der Waals surface area contributed by atoms with Crippen molar-refractivity contribution in [2.24, 2.45) is 0 Å². The third kappa shape index (κ3) is 4.07. The van der Waals surface area contributed by atoms with E-state index in [2.05, 4.69) is 89.5 Å². The van der Waals surface area contributed by atoms with Gasteiger partial charge in [-0.05, 0) is 48.5 Å². The van der Waals surface area contributed by atoms with Gasteiger partial charge >= 0.3 is 0 Å². The molecule has 0 N–H and O–H groups in total. The number of rotatable bonds is 4. The second kappa shape index (κ2) is 10.7. The number of aromatic nitrogens is 6. The largest absolute Gasteiger partial charge is 0.309 e. The van der Waals surface area contributed by atoms with Gasteiger partial charge in [-0.3, -0.25) is 9.13 Å². The van der Waals surface area contributed by atoms with Crippen LogP contribution in [-0.4, -0.2) is 28.7 Å². The van der Waals surface area contributed by atoms with Crippen molar-refractivity contribution in [3.8, 4) is 29.0 Å². The van der Waals surface area contributed by atoms with Crippen molar-refractivity contribution in [3.05, 3.63) is 170 Å². The van der Waals surface area contributed by atoms with Gasteiger partial charge in [-0.25, -0.2) is 0 Å². The fourth-order valence-corrected chi connectivity index (χ4v) is 7.68. The Kier molecular flexibility index (Phi) is 5.08. The Morgan fingerprint density at radius 1 is 0.373 bits per heavy atom. The van der Waals surface area contributed by atoms with Crippen molar-refractivity contribution in [2.75, 3.05) is 0 Å². The highest BCUT2D eigenvalue weighted by Crippen LogP contribution is 2.36. The Hall–Kier alpha value is -7.05. The Balaban J connectivity index is 1.24. The molecule has 238 valence electrons. The van der Waals surface area contributed by atoms with E-state index in [1.807, 2.05) is 65.2 Å². The molecule has 6 nitrogen and oxygen atoms in total. The molecule has 0 fully saturated rings. The first-order valence-corrected chi connectivity index (χ1v) is 16.8. The molecule has 0 aliphatic rings. The highest BCUT2D eigenvalue weighted by molar-refractivity contribution is 6.11. The van der Waals surface area contributed by atoms with Crippen molar-refractivity contribution in [3.63, 3.8) is 0 Å². The average molecular weight is 657 g/mol. The molecule has 11 aromatic rings. The number of benzene rings is 7. The van der Waals surface area contributed by atoms with Gasteiger partial charge in [0.1, 0.15) is 0 Å². The molecule has 0 saturated heterocycles. The van der Waals surface area contributed by atoms with Crippen LogP contribution >= 0.6 is 0 Å². The van der Waals surface area contributed by atoms with Crippen LogP contribution in [0.1, 0.15) is 5.48 Å². The topological polar surface area (TPSA) is 53.5 Å². The minimum atomic E-state index is -0.322. The van der Waals surface area contributed by atoms with Crippen LogP contribution in [-0.2, 0) is 0 Å². The van der Waals surface area contributed by atoms with Gasteiger partial charge in [0.2, 0.25) is 11.9 Å². The van der Waals surface area contributed by atoms with Crippen molar-refractivity contribution < 1.29 is 5.48 Å². The van der Waals surface area contributed by atoms with Gasteiger partial charge in [-0.2, -0.15) is 15.0 Å². The van der Waals surface area contributed by atoms with Crippen LogP contribution in [0.2, 0.25) is 0 Å². The summed E-state index contributed by atoms with van der Waals surface area (Å²) >= 11 is 0. The molecular formula is C45H28N6. The Morgan fingerprint density at radius 3 is 1.33 bits per heavy atom. The summed E-state index contributed by atoms with van der Waals surface area (Å²) in [5, 5.41) is 5.53. The highest BCUT2D eigenvalue weighted by atomic mass is 15.3. The van der Waals surface area contributed by atoms with Gasteiger partial charge in [0.05, 0.1) is 38.6 Å². The lowest BCUT2D eigenvalue weighted by atomic mass is 10.2. The fraction of sp³-hybridized carbons (Fsp3) is 0. The molecule has 0 aliphatic carbocycles. The van der Waals surface area contributed by atoms with Crippen LogP contribution < -0.4 is 0 Å². The molecule has 0 aliphatic heterocycles. The molecule has 0 bridgehead atoms. The molecule has 0 spiro atoms.